The molecule has 1 N–H and O–H groups in total. The quantitative estimate of drug-likeness (QED) is 0.730. The average Bonchev–Trinajstić information content (AvgIpc) is 2.50. The fourth-order valence-corrected chi connectivity index (χ4v) is 2.37. The molecule has 2 saturated heterocycles. The highest BCUT2D eigenvalue weighted by atomic mass is 35.5. The van der Waals surface area contributed by atoms with Crippen LogP contribution in [0.4, 0.5) is 13.2 Å². The summed E-state index contributed by atoms with van der Waals surface area (Å²) in [4.78, 5) is 1.56. The Morgan fingerprint density at radius 2 is 2.00 bits per heavy atom. The molecule has 2 fully saturated rings. The Balaban J connectivity index is 0.000000980. The van der Waals surface area contributed by atoms with Crippen molar-refractivity contribution in [3.05, 3.63) is 0 Å². The molecule has 84 valence electrons. The van der Waals surface area contributed by atoms with Crippen molar-refractivity contribution < 1.29 is 13.2 Å². The molecule has 2 heterocycles. The summed E-state index contributed by atoms with van der Waals surface area (Å²) in [7, 11) is 0. The molecule has 2 nitrogen and oxygen atoms in total. The molecule has 0 amide bonds. The molecule has 2 atom stereocenters. The lowest BCUT2D eigenvalue weighted by molar-refractivity contribution is -0.147. The molecule has 0 bridgehead atoms. The standard InChI is InChI=1S/C8H13F3N2.ClH/c9-8(10,11)5-13-2-1-6-3-12-4-7(6)13;/h6-7,12H,1-5H2;1H/t6-,7+;/m0./s1. The van der Waals surface area contributed by atoms with E-state index in [2.05, 4.69) is 5.32 Å². The van der Waals surface area contributed by atoms with E-state index in [1.54, 1.807) is 4.90 Å². The van der Waals surface area contributed by atoms with Gasteiger partial charge in [-0.3, -0.25) is 4.90 Å². The number of nitrogens with zero attached hydrogens (tertiary/aromatic N) is 1. The zero-order chi connectivity index (χ0) is 9.47. The minimum Gasteiger partial charge on any atom is -0.315 e. The number of nitrogens with one attached hydrogen (secondary N) is 1. The van der Waals surface area contributed by atoms with Gasteiger partial charge in [-0.2, -0.15) is 13.2 Å². The Hall–Kier alpha value is -0.0000000000000000416. The van der Waals surface area contributed by atoms with Crippen LogP contribution in [-0.2, 0) is 0 Å². The zero-order valence-corrected chi connectivity index (χ0v) is 8.50. The van der Waals surface area contributed by atoms with Gasteiger partial charge in [0.1, 0.15) is 0 Å². The van der Waals surface area contributed by atoms with E-state index in [1.807, 2.05) is 0 Å². The Morgan fingerprint density at radius 1 is 1.29 bits per heavy atom. The number of likely N-dealkylation sites (tertiary alicyclic amines) is 1. The van der Waals surface area contributed by atoms with Crippen LogP contribution in [0.15, 0.2) is 0 Å². The lowest BCUT2D eigenvalue weighted by atomic mass is 10.1. The van der Waals surface area contributed by atoms with Crippen LogP contribution in [0.3, 0.4) is 0 Å². The zero-order valence-electron chi connectivity index (χ0n) is 7.68. The molecule has 0 aromatic heterocycles. The highest BCUT2D eigenvalue weighted by Gasteiger charge is 2.42. The van der Waals surface area contributed by atoms with Crippen molar-refractivity contribution in [2.75, 3.05) is 26.2 Å². The molecule has 0 aromatic carbocycles. The first kappa shape index (κ1) is 12.1. The molecule has 2 aliphatic rings. The molecule has 6 heteroatoms. The normalized spacial score (nSPS) is 32.8. The van der Waals surface area contributed by atoms with Crippen LogP contribution in [0.1, 0.15) is 6.42 Å². The van der Waals surface area contributed by atoms with Gasteiger partial charge in [-0.15, -0.1) is 12.4 Å². The molecule has 0 unspecified atom stereocenters. The number of alkyl halides is 3. The Bertz CT molecular complexity index is 198. The molecular formula is C8H14ClF3N2. The second-order valence-electron chi connectivity index (χ2n) is 3.86. The highest BCUT2D eigenvalue weighted by molar-refractivity contribution is 5.85. The molecule has 14 heavy (non-hydrogen) atoms. The van der Waals surface area contributed by atoms with E-state index in [0.717, 1.165) is 19.5 Å². The number of hydrogen-bond acceptors (Lipinski definition) is 2. The Kier molecular flexibility index (Phi) is 3.66. The van der Waals surface area contributed by atoms with Crippen LogP contribution in [0.25, 0.3) is 0 Å². The van der Waals surface area contributed by atoms with Gasteiger partial charge in [-0.1, -0.05) is 0 Å². The Morgan fingerprint density at radius 3 is 2.64 bits per heavy atom. The van der Waals surface area contributed by atoms with Crippen molar-refractivity contribution >= 4 is 12.4 Å². The minimum absolute atomic E-state index is 0. The van der Waals surface area contributed by atoms with Crippen LogP contribution in [0, 0.1) is 5.92 Å². The Labute approximate surface area is 87.2 Å². The number of hydrogen-bond donors (Lipinski definition) is 1. The predicted molar refractivity (Wildman–Crippen MR) is 49.6 cm³/mol. The van der Waals surface area contributed by atoms with Gasteiger partial charge in [-0.05, 0) is 25.4 Å². The van der Waals surface area contributed by atoms with Crippen molar-refractivity contribution in [2.24, 2.45) is 5.92 Å². The van der Waals surface area contributed by atoms with E-state index < -0.39 is 12.7 Å². The van der Waals surface area contributed by atoms with Crippen LogP contribution >= 0.6 is 12.4 Å². The minimum atomic E-state index is -4.04. The molecular weight excluding hydrogens is 217 g/mol. The first-order valence-corrected chi connectivity index (χ1v) is 4.58. The van der Waals surface area contributed by atoms with Gasteiger partial charge in [0, 0.05) is 12.6 Å². The van der Waals surface area contributed by atoms with Gasteiger partial charge >= 0.3 is 6.18 Å². The monoisotopic (exact) mass is 230 g/mol. The number of fused-ring (bicyclic) bond motifs is 1. The summed E-state index contributed by atoms with van der Waals surface area (Å²) in [6.45, 7) is 1.48. The maximum Gasteiger partial charge on any atom is 0.401 e. The number of rotatable bonds is 1. The molecule has 0 aliphatic carbocycles. The molecule has 2 rings (SSSR count). The SMILES string of the molecule is Cl.FC(F)(F)CN1CC[C@H]2CNC[C@H]21. The lowest BCUT2D eigenvalue weighted by Gasteiger charge is -2.23. The van der Waals surface area contributed by atoms with Crippen molar-refractivity contribution in [1.82, 2.24) is 10.2 Å². The van der Waals surface area contributed by atoms with Crippen molar-refractivity contribution in [2.45, 2.75) is 18.6 Å². The lowest BCUT2D eigenvalue weighted by Crippen LogP contribution is -2.40. The van der Waals surface area contributed by atoms with Gasteiger partial charge in [0.2, 0.25) is 0 Å². The second-order valence-corrected chi connectivity index (χ2v) is 3.86. The molecule has 0 aromatic rings. The predicted octanol–water partition coefficient (Wildman–Crippen LogP) is 1.26. The van der Waals surface area contributed by atoms with Crippen molar-refractivity contribution in [3.8, 4) is 0 Å². The van der Waals surface area contributed by atoms with Gasteiger partial charge in [-0.25, -0.2) is 0 Å². The second kappa shape index (κ2) is 4.24. The van der Waals surface area contributed by atoms with Crippen molar-refractivity contribution in [1.29, 1.82) is 0 Å². The van der Waals surface area contributed by atoms with Gasteiger partial charge in [0.25, 0.3) is 0 Å². The van der Waals surface area contributed by atoms with E-state index >= 15 is 0 Å². The van der Waals surface area contributed by atoms with Crippen LogP contribution in [0.5, 0.6) is 0 Å². The summed E-state index contributed by atoms with van der Waals surface area (Å²) in [5.74, 6) is 0.447. The summed E-state index contributed by atoms with van der Waals surface area (Å²) in [6.07, 6.45) is -3.13. The van der Waals surface area contributed by atoms with E-state index in [1.165, 1.54) is 0 Å². The summed E-state index contributed by atoms with van der Waals surface area (Å²) in [6, 6.07) is 0.127. The molecule has 0 spiro atoms. The summed E-state index contributed by atoms with van der Waals surface area (Å²) < 4.78 is 36.3. The van der Waals surface area contributed by atoms with Gasteiger partial charge in [0.15, 0.2) is 0 Å². The smallest absolute Gasteiger partial charge is 0.315 e. The van der Waals surface area contributed by atoms with E-state index in [4.69, 9.17) is 0 Å². The maximum atomic E-state index is 12.1. The highest BCUT2D eigenvalue weighted by Crippen LogP contribution is 2.29. The fourth-order valence-electron chi connectivity index (χ4n) is 2.37. The van der Waals surface area contributed by atoms with Gasteiger partial charge in [0.05, 0.1) is 6.54 Å². The fraction of sp³-hybridized carbons (Fsp3) is 1.00. The van der Waals surface area contributed by atoms with Crippen LogP contribution in [0.2, 0.25) is 0 Å². The maximum absolute atomic E-state index is 12.1. The largest absolute Gasteiger partial charge is 0.401 e. The summed E-state index contributed by atoms with van der Waals surface area (Å²) in [5, 5.41) is 3.13. The molecule has 0 radical (unpaired) electrons. The van der Waals surface area contributed by atoms with Crippen molar-refractivity contribution in [3.63, 3.8) is 0 Å². The third kappa shape index (κ3) is 2.52. The third-order valence-corrected chi connectivity index (χ3v) is 2.94. The molecule has 2 aliphatic heterocycles. The van der Waals surface area contributed by atoms with Crippen LogP contribution in [-0.4, -0.2) is 43.3 Å². The van der Waals surface area contributed by atoms with E-state index in [0.29, 0.717) is 12.5 Å². The topological polar surface area (TPSA) is 15.3 Å². The van der Waals surface area contributed by atoms with E-state index in [9.17, 15) is 13.2 Å². The van der Waals surface area contributed by atoms with Gasteiger partial charge < -0.3 is 5.32 Å². The van der Waals surface area contributed by atoms with E-state index in [-0.39, 0.29) is 18.4 Å². The third-order valence-electron chi connectivity index (χ3n) is 2.94. The summed E-state index contributed by atoms with van der Waals surface area (Å²) in [5.41, 5.74) is 0. The first-order chi connectivity index (χ1) is 6.06. The first-order valence-electron chi connectivity index (χ1n) is 4.58. The molecule has 0 saturated carbocycles. The number of halogens is 4. The average molecular weight is 231 g/mol. The summed E-state index contributed by atoms with van der Waals surface area (Å²) >= 11 is 0. The van der Waals surface area contributed by atoms with Crippen LogP contribution < -0.4 is 5.32 Å².